The van der Waals surface area contributed by atoms with Crippen LogP contribution >= 0.6 is 23.1 Å². The molecule has 1 atom stereocenters. The van der Waals surface area contributed by atoms with Crippen LogP contribution in [0, 0.1) is 0 Å². The number of fused-ring (bicyclic) bond motifs is 1. The highest BCUT2D eigenvalue weighted by Crippen LogP contribution is 2.42. The molecule has 1 amide bonds. The van der Waals surface area contributed by atoms with Gasteiger partial charge < -0.3 is 10.6 Å². The molecule has 1 aliphatic rings. The Morgan fingerprint density at radius 1 is 0.897 bits per heavy atom. The van der Waals surface area contributed by atoms with E-state index in [0.717, 1.165) is 21.7 Å². The van der Waals surface area contributed by atoms with E-state index in [1.165, 1.54) is 10.3 Å². The summed E-state index contributed by atoms with van der Waals surface area (Å²) in [4.78, 5) is 13.0. The second kappa shape index (κ2) is 7.78. The molecule has 5 heteroatoms. The van der Waals surface area contributed by atoms with E-state index in [-0.39, 0.29) is 11.3 Å². The van der Waals surface area contributed by atoms with Crippen molar-refractivity contribution in [3.8, 4) is 0 Å². The van der Waals surface area contributed by atoms with E-state index in [1.807, 2.05) is 66.0 Å². The molecule has 0 spiro atoms. The quantitative estimate of drug-likeness (QED) is 0.431. The van der Waals surface area contributed by atoms with Gasteiger partial charge in [0.15, 0.2) is 0 Å². The Hall–Kier alpha value is -3.02. The lowest BCUT2D eigenvalue weighted by atomic mass is 10.1. The van der Waals surface area contributed by atoms with Crippen molar-refractivity contribution in [2.24, 2.45) is 0 Å². The SMILES string of the molecule is O=C(NC1=C(c2ccccc2)NC(c2ccccc2)S1)c1ccc2sccc2c1. The van der Waals surface area contributed by atoms with Crippen molar-refractivity contribution in [3.63, 3.8) is 0 Å². The second-order valence-electron chi connectivity index (χ2n) is 6.75. The molecule has 5 rings (SSSR count). The number of thioether (sulfide) groups is 1. The number of amides is 1. The van der Waals surface area contributed by atoms with Crippen molar-refractivity contribution in [1.29, 1.82) is 0 Å². The maximum atomic E-state index is 13.0. The first-order valence-corrected chi connectivity index (χ1v) is 11.1. The first kappa shape index (κ1) is 18.0. The first-order valence-electron chi connectivity index (χ1n) is 9.34. The third-order valence-corrected chi connectivity index (χ3v) is 6.91. The van der Waals surface area contributed by atoms with E-state index < -0.39 is 0 Å². The molecule has 2 heterocycles. The van der Waals surface area contributed by atoms with E-state index in [1.54, 1.807) is 23.1 Å². The minimum atomic E-state index is -0.0930. The summed E-state index contributed by atoms with van der Waals surface area (Å²) in [5, 5.41) is 10.8. The highest BCUT2D eigenvalue weighted by molar-refractivity contribution is 8.03. The summed E-state index contributed by atoms with van der Waals surface area (Å²) in [6.45, 7) is 0. The highest BCUT2D eigenvalue weighted by atomic mass is 32.2. The molecule has 2 N–H and O–H groups in total. The molecular formula is C24H18N2OS2. The molecule has 1 aliphatic heterocycles. The number of benzene rings is 3. The van der Waals surface area contributed by atoms with Gasteiger partial charge in [0, 0.05) is 15.8 Å². The van der Waals surface area contributed by atoms with Gasteiger partial charge >= 0.3 is 0 Å². The van der Waals surface area contributed by atoms with Crippen LogP contribution in [0.4, 0.5) is 0 Å². The van der Waals surface area contributed by atoms with Crippen LogP contribution in [0.25, 0.3) is 15.8 Å². The maximum absolute atomic E-state index is 13.0. The highest BCUT2D eigenvalue weighted by Gasteiger charge is 2.28. The third-order valence-electron chi connectivity index (χ3n) is 4.84. The number of thiophene rings is 1. The second-order valence-corrected chi connectivity index (χ2v) is 8.81. The summed E-state index contributed by atoms with van der Waals surface area (Å²) in [6, 6.07) is 28.3. The third kappa shape index (κ3) is 3.67. The zero-order chi connectivity index (χ0) is 19.6. The summed E-state index contributed by atoms with van der Waals surface area (Å²) in [7, 11) is 0. The number of carbonyl (C=O) groups is 1. The fraction of sp³-hybridized carbons (Fsp3) is 0.0417. The van der Waals surface area contributed by atoms with Crippen molar-refractivity contribution >= 4 is 44.8 Å². The average Bonchev–Trinajstić information content (AvgIpc) is 3.41. The summed E-state index contributed by atoms with van der Waals surface area (Å²) in [6.07, 6.45) is 0. The number of carbonyl (C=O) groups excluding carboxylic acids is 1. The van der Waals surface area contributed by atoms with Gasteiger partial charge in [-0.15, -0.1) is 11.3 Å². The monoisotopic (exact) mass is 414 g/mol. The van der Waals surface area contributed by atoms with Crippen LogP contribution in [0.2, 0.25) is 0 Å². The van der Waals surface area contributed by atoms with Gasteiger partial charge in [-0.25, -0.2) is 0 Å². The molecule has 142 valence electrons. The first-order chi connectivity index (χ1) is 14.3. The van der Waals surface area contributed by atoms with E-state index in [4.69, 9.17) is 0 Å². The van der Waals surface area contributed by atoms with Crippen LogP contribution in [-0.4, -0.2) is 5.91 Å². The van der Waals surface area contributed by atoms with Crippen LogP contribution in [0.15, 0.2) is 95.3 Å². The molecule has 1 aromatic heterocycles. The van der Waals surface area contributed by atoms with Crippen molar-refractivity contribution in [2.75, 3.05) is 0 Å². The lowest BCUT2D eigenvalue weighted by Crippen LogP contribution is -2.22. The Bertz CT molecular complexity index is 1200. The minimum Gasteiger partial charge on any atom is -0.367 e. The Kier molecular flexibility index (Phi) is 4.84. The lowest BCUT2D eigenvalue weighted by Gasteiger charge is -2.12. The Labute approximate surface area is 177 Å². The van der Waals surface area contributed by atoms with Crippen LogP contribution in [0.5, 0.6) is 0 Å². The topological polar surface area (TPSA) is 41.1 Å². The van der Waals surface area contributed by atoms with Crippen LogP contribution in [0.1, 0.15) is 26.9 Å². The molecule has 4 aromatic rings. The normalized spacial score (nSPS) is 16.1. The largest absolute Gasteiger partial charge is 0.367 e. The molecule has 3 aromatic carbocycles. The predicted molar refractivity (Wildman–Crippen MR) is 123 cm³/mol. The van der Waals surface area contributed by atoms with Gasteiger partial charge in [-0.05, 0) is 40.6 Å². The van der Waals surface area contributed by atoms with Gasteiger partial charge in [-0.2, -0.15) is 0 Å². The van der Waals surface area contributed by atoms with Gasteiger partial charge in [0.25, 0.3) is 5.91 Å². The zero-order valence-electron chi connectivity index (χ0n) is 15.5. The van der Waals surface area contributed by atoms with Crippen molar-refractivity contribution in [3.05, 3.63) is 112 Å². The van der Waals surface area contributed by atoms with E-state index >= 15 is 0 Å². The molecule has 0 bridgehead atoms. The summed E-state index contributed by atoms with van der Waals surface area (Å²) in [5.74, 6) is -0.0930. The molecular weight excluding hydrogens is 396 g/mol. The molecule has 0 saturated heterocycles. The van der Waals surface area contributed by atoms with E-state index in [2.05, 4.69) is 34.9 Å². The van der Waals surface area contributed by atoms with Gasteiger partial charge in [0.1, 0.15) is 10.4 Å². The van der Waals surface area contributed by atoms with Crippen LogP contribution < -0.4 is 10.6 Å². The average molecular weight is 415 g/mol. The van der Waals surface area contributed by atoms with Crippen molar-refractivity contribution < 1.29 is 4.79 Å². The molecule has 29 heavy (non-hydrogen) atoms. The smallest absolute Gasteiger partial charge is 0.256 e. The number of hydrogen-bond acceptors (Lipinski definition) is 4. The predicted octanol–water partition coefficient (Wildman–Crippen LogP) is 5.99. The standard InChI is InChI=1S/C24H18N2OS2/c27-22(19-11-12-20-18(15-19)13-14-28-20)26-24-21(16-7-3-1-4-8-16)25-23(29-24)17-9-5-2-6-10-17/h1-15,23,25H,(H,26,27). The summed E-state index contributed by atoms with van der Waals surface area (Å²) in [5.41, 5.74) is 3.85. The van der Waals surface area contributed by atoms with Gasteiger partial charge in [-0.1, -0.05) is 72.4 Å². The molecule has 3 nitrogen and oxygen atoms in total. The molecule has 0 fully saturated rings. The van der Waals surface area contributed by atoms with Gasteiger partial charge in [0.2, 0.25) is 0 Å². The van der Waals surface area contributed by atoms with Crippen LogP contribution in [-0.2, 0) is 0 Å². The minimum absolute atomic E-state index is 0.0565. The number of rotatable bonds is 4. The van der Waals surface area contributed by atoms with Gasteiger partial charge in [0.05, 0.1) is 5.70 Å². The summed E-state index contributed by atoms with van der Waals surface area (Å²) < 4.78 is 1.19. The summed E-state index contributed by atoms with van der Waals surface area (Å²) >= 11 is 3.31. The lowest BCUT2D eigenvalue weighted by molar-refractivity contribution is 0.0969. The Balaban J connectivity index is 1.46. The Morgan fingerprint density at radius 3 is 2.45 bits per heavy atom. The fourth-order valence-corrected chi connectivity index (χ4v) is 5.30. The molecule has 0 aliphatic carbocycles. The maximum Gasteiger partial charge on any atom is 0.256 e. The van der Waals surface area contributed by atoms with E-state index in [0.29, 0.717) is 5.56 Å². The molecule has 1 unspecified atom stereocenters. The Morgan fingerprint density at radius 2 is 1.66 bits per heavy atom. The number of nitrogens with one attached hydrogen (secondary N) is 2. The van der Waals surface area contributed by atoms with Crippen molar-refractivity contribution in [1.82, 2.24) is 10.6 Å². The van der Waals surface area contributed by atoms with E-state index in [9.17, 15) is 4.79 Å². The number of hydrogen-bond donors (Lipinski definition) is 2. The van der Waals surface area contributed by atoms with Crippen LogP contribution in [0.3, 0.4) is 0 Å². The van der Waals surface area contributed by atoms with Gasteiger partial charge in [-0.3, -0.25) is 4.79 Å². The zero-order valence-corrected chi connectivity index (χ0v) is 17.1. The fourth-order valence-electron chi connectivity index (χ4n) is 3.38. The van der Waals surface area contributed by atoms with Crippen molar-refractivity contribution in [2.45, 2.75) is 5.37 Å². The molecule has 0 radical (unpaired) electrons. The molecule has 0 saturated carbocycles.